The smallest absolute Gasteiger partial charge is 0.231 e. The lowest BCUT2D eigenvalue weighted by molar-refractivity contribution is -0.120. The van der Waals surface area contributed by atoms with Gasteiger partial charge in [0.05, 0.1) is 19.1 Å². The van der Waals surface area contributed by atoms with Gasteiger partial charge in [0.2, 0.25) is 5.91 Å². The van der Waals surface area contributed by atoms with E-state index in [2.05, 4.69) is 33.5 Å². The SMILES string of the molecule is CCCNC1COCC1C(=O)Nc1cc(Br)ccc1C. The van der Waals surface area contributed by atoms with Gasteiger partial charge in [-0.25, -0.2) is 0 Å². The number of ether oxygens (including phenoxy) is 1. The van der Waals surface area contributed by atoms with E-state index in [1.54, 1.807) is 0 Å². The summed E-state index contributed by atoms with van der Waals surface area (Å²) in [5.41, 5.74) is 1.91. The van der Waals surface area contributed by atoms with Crippen LogP contribution in [0.1, 0.15) is 18.9 Å². The number of carbonyl (C=O) groups excluding carboxylic acids is 1. The molecule has 1 saturated heterocycles. The van der Waals surface area contributed by atoms with Crippen molar-refractivity contribution in [2.45, 2.75) is 26.3 Å². The summed E-state index contributed by atoms with van der Waals surface area (Å²) >= 11 is 3.43. The predicted molar refractivity (Wildman–Crippen MR) is 83.9 cm³/mol. The van der Waals surface area contributed by atoms with Gasteiger partial charge in [0.15, 0.2) is 0 Å². The number of carbonyl (C=O) groups is 1. The fraction of sp³-hybridized carbons (Fsp3) is 0.533. The number of hydrogen-bond donors (Lipinski definition) is 2. The molecule has 2 atom stereocenters. The molecule has 110 valence electrons. The van der Waals surface area contributed by atoms with Gasteiger partial charge in [0.25, 0.3) is 0 Å². The van der Waals surface area contributed by atoms with Gasteiger partial charge in [0, 0.05) is 16.2 Å². The Labute approximate surface area is 128 Å². The summed E-state index contributed by atoms with van der Waals surface area (Å²) in [6.45, 7) is 6.10. The lowest BCUT2D eigenvalue weighted by Gasteiger charge is -2.19. The number of halogens is 1. The highest BCUT2D eigenvalue weighted by molar-refractivity contribution is 9.10. The van der Waals surface area contributed by atoms with Crippen LogP contribution in [0.25, 0.3) is 0 Å². The van der Waals surface area contributed by atoms with Crippen molar-refractivity contribution in [2.75, 3.05) is 25.1 Å². The lowest BCUT2D eigenvalue weighted by Crippen LogP contribution is -2.41. The molecule has 0 bridgehead atoms. The quantitative estimate of drug-likeness (QED) is 0.866. The molecule has 1 aromatic carbocycles. The third-order valence-electron chi connectivity index (χ3n) is 3.53. The Kier molecular flexibility index (Phi) is 5.57. The molecule has 0 spiro atoms. The first-order valence-corrected chi connectivity index (χ1v) is 7.79. The van der Waals surface area contributed by atoms with Crippen molar-refractivity contribution < 1.29 is 9.53 Å². The Morgan fingerprint density at radius 1 is 1.45 bits per heavy atom. The second-order valence-electron chi connectivity index (χ2n) is 5.15. The van der Waals surface area contributed by atoms with E-state index < -0.39 is 0 Å². The maximum Gasteiger partial charge on any atom is 0.231 e. The summed E-state index contributed by atoms with van der Waals surface area (Å²) in [7, 11) is 0. The van der Waals surface area contributed by atoms with Crippen LogP contribution >= 0.6 is 15.9 Å². The van der Waals surface area contributed by atoms with Crippen LogP contribution in [0.15, 0.2) is 22.7 Å². The number of amides is 1. The van der Waals surface area contributed by atoms with Crippen molar-refractivity contribution in [1.29, 1.82) is 0 Å². The van der Waals surface area contributed by atoms with E-state index in [1.807, 2.05) is 25.1 Å². The number of anilines is 1. The minimum Gasteiger partial charge on any atom is -0.379 e. The largest absolute Gasteiger partial charge is 0.379 e. The summed E-state index contributed by atoms with van der Waals surface area (Å²) in [6.07, 6.45) is 1.05. The molecule has 0 aliphatic carbocycles. The minimum atomic E-state index is -0.125. The summed E-state index contributed by atoms with van der Waals surface area (Å²) in [5, 5.41) is 6.39. The molecular formula is C15H21BrN2O2. The zero-order valence-electron chi connectivity index (χ0n) is 11.9. The van der Waals surface area contributed by atoms with Crippen molar-refractivity contribution in [1.82, 2.24) is 5.32 Å². The Bertz CT molecular complexity index is 479. The lowest BCUT2D eigenvalue weighted by atomic mass is 10.0. The Hall–Kier alpha value is -0.910. The molecule has 1 heterocycles. The van der Waals surface area contributed by atoms with Gasteiger partial charge in [-0.15, -0.1) is 0 Å². The molecule has 0 radical (unpaired) electrons. The summed E-state index contributed by atoms with van der Waals surface area (Å²) < 4.78 is 6.41. The average molecular weight is 341 g/mol. The Morgan fingerprint density at radius 3 is 3.00 bits per heavy atom. The first kappa shape index (κ1) is 15.5. The first-order chi connectivity index (χ1) is 9.61. The zero-order valence-corrected chi connectivity index (χ0v) is 13.5. The molecule has 2 rings (SSSR count). The predicted octanol–water partition coefficient (Wildman–Crippen LogP) is 2.71. The summed E-state index contributed by atoms with van der Waals surface area (Å²) in [4.78, 5) is 12.4. The minimum absolute atomic E-state index is 0.0253. The zero-order chi connectivity index (χ0) is 14.5. The molecule has 5 heteroatoms. The van der Waals surface area contributed by atoms with Crippen molar-refractivity contribution in [2.24, 2.45) is 5.92 Å². The topological polar surface area (TPSA) is 50.4 Å². The van der Waals surface area contributed by atoms with Gasteiger partial charge in [-0.2, -0.15) is 0 Å². The van der Waals surface area contributed by atoms with Crippen LogP contribution in [0, 0.1) is 12.8 Å². The number of rotatable bonds is 5. The van der Waals surface area contributed by atoms with Gasteiger partial charge in [-0.1, -0.05) is 28.9 Å². The van der Waals surface area contributed by atoms with Gasteiger partial charge in [-0.3, -0.25) is 4.79 Å². The van der Waals surface area contributed by atoms with Crippen LogP contribution < -0.4 is 10.6 Å². The highest BCUT2D eigenvalue weighted by Crippen LogP contribution is 2.23. The highest BCUT2D eigenvalue weighted by Gasteiger charge is 2.33. The normalized spacial score (nSPS) is 21.9. The van der Waals surface area contributed by atoms with Crippen LogP contribution in [0.4, 0.5) is 5.69 Å². The average Bonchev–Trinajstić information content (AvgIpc) is 2.89. The van der Waals surface area contributed by atoms with E-state index in [0.29, 0.717) is 13.2 Å². The van der Waals surface area contributed by atoms with E-state index in [1.165, 1.54) is 0 Å². The van der Waals surface area contributed by atoms with Gasteiger partial charge >= 0.3 is 0 Å². The maximum absolute atomic E-state index is 12.4. The molecule has 1 fully saturated rings. The second kappa shape index (κ2) is 7.20. The van der Waals surface area contributed by atoms with Crippen LogP contribution in [0.5, 0.6) is 0 Å². The van der Waals surface area contributed by atoms with Crippen LogP contribution in [0.3, 0.4) is 0 Å². The molecule has 1 aliphatic rings. The van der Waals surface area contributed by atoms with Gasteiger partial charge in [-0.05, 0) is 37.6 Å². The van der Waals surface area contributed by atoms with E-state index in [4.69, 9.17) is 4.74 Å². The molecule has 1 amide bonds. The second-order valence-corrected chi connectivity index (χ2v) is 6.07. The number of hydrogen-bond acceptors (Lipinski definition) is 3. The standard InChI is InChI=1S/C15H21BrN2O2/c1-3-6-17-14-9-20-8-12(14)15(19)18-13-7-11(16)5-4-10(13)2/h4-5,7,12,14,17H,3,6,8-9H2,1-2H3,(H,18,19). The summed E-state index contributed by atoms with van der Waals surface area (Å²) in [5.74, 6) is -0.0998. The van der Waals surface area contributed by atoms with E-state index in [0.717, 1.165) is 28.7 Å². The molecule has 2 N–H and O–H groups in total. The molecular weight excluding hydrogens is 320 g/mol. The van der Waals surface area contributed by atoms with Crippen molar-refractivity contribution in [3.8, 4) is 0 Å². The van der Waals surface area contributed by atoms with Crippen molar-refractivity contribution >= 4 is 27.5 Å². The molecule has 4 nitrogen and oxygen atoms in total. The molecule has 1 aromatic rings. The Morgan fingerprint density at radius 2 is 2.25 bits per heavy atom. The first-order valence-electron chi connectivity index (χ1n) is 7.00. The van der Waals surface area contributed by atoms with Crippen molar-refractivity contribution in [3.63, 3.8) is 0 Å². The fourth-order valence-electron chi connectivity index (χ4n) is 2.30. The van der Waals surface area contributed by atoms with Crippen LogP contribution in [-0.2, 0) is 9.53 Å². The molecule has 2 unspecified atom stereocenters. The number of aryl methyl sites for hydroxylation is 1. The van der Waals surface area contributed by atoms with Gasteiger partial charge in [0.1, 0.15) is 0 Å². The third kappa shape index (κ3) is 3.81. The van der Waals surface area contributed by atoms with E-state index >= 15 is 0 Å². The Balaban J connectivity index is 2.01. The monoisotopic (exact) mass is 340 g/mol. The molecule has 0 saturated carbocycles. The van der Waals surface area contributed by atoms with Crippen molar-refractivity contribution in [3.05, 3.63) is 28.2 Å². The van der Waals surface area contributed by atoms with E-state index in [9.17, 15) is 4.79 Å². The van der Waals surface area contributed by atoms with E-state index in [-0.39, 0.29) is 17.9 Å². The summed E-state index contributed by atoms with van der Waals surface area (Å²) in [6, 6.07) is 5.99. The fourth-order valence-corrected chi connectivity index (χ4v) is 2.66. The third-order valence-corrected chi connectivity index (χ3v) is 4.02. The number of nitrogens with one attached hydrogen (secondary N) is 2. The highest BCUT2D eigenvalue weighted by atomic mass is 79.9. The number of benzene rings is 1. The molecule has 0 aromatic heterocycles. The molecule has 20 heavy (non-hydrogen) atoms. The van der Waals surface area contributed by atoms with Gasteiger partial charge < -0.3 is 15.4 Å². The molecule has 1 aliphatic heterocycles. The maximum atomic E-state index is 12.4. The van der Waals surface area contributed by atoms with Crippen LogP contribution in [0.2, 0.25) is 0 Å². The van der Waals surface area contributed by atoms with Crippen LogP contribution in [-0.4, -0.2) is 31.7 Å².